The van der Waals surface area contributed by atoms with Crippen LogP contribution in [0.25, 0.3) is 0 Å². The highest BCUT2D eigenvalue weighted by atomic mass is 35.5. The molecule has 6 atom stereocenters. The number of oxime groups is 1. The number of hydrogen-bond donors (Lipinski definition) is 3. The third-order valence-electron chi connectivity index (χ3n) is 11.1. The third-order valence-corrected chi connectivity index (χ3v) is 11.3. The second-order valence-electron chi connectivity index (χ2n) is 16.2. The van der Waals surface area contributed by atoms with E-state index in [9.17, 15) is 24.0 Å². The van der Waals surface area contributed by atoms with Gasteiger partial charge in [-0.05, 0) is 67.4 Å². The highest BCUT2D eigenvalue weighted by Gasteiger charge is 2.57. The lowest BCUT2D eigenvalue weighted by Gasteiger charge is -2.36. The van der Waals surface area contributed by atoms with Crippen LogP contribution in [0.15, 0.2) is 29.4 Å². The first-order valence-electron chi connectivity index (χ1n) is 18.0. The molecule has 4 fully saturated rings. The average Bonchev–Trinajstić information content (AvgIpc) is 3.93. The molecule has 3 aliphatic carbocycles. The summed E-state index contributed by atoms with van der Waals surface area (Å²) >= 11 is 6.26. The van der Waals surface area contributed by atoms with Gasteiger partial charge in [-0.1, -0.05) is 75.8 Å². The van der Waals surface area contributed by atoms with Crippen LogP contribution in [0, 0.1) is 16.7 Å². The standard InChI is InChI=1S/C37H50ClN5O6/c1-5-9-26(30(45)33(47)39-25-13-14-25)40-32(46)28-19-37(18-27(42-49-37)22-10-8-12-24(38)16-22)21-43(28)34(48)31(35(2,3)4)41-29(44)20-36-15-7-6-11-23(36)17-36/h8,10,12,16,23,25-26,28,31H,5-7,9,11,13-15,17-21H2,1-4H3,(H,39,47)(H,40,46)(H,41,44)/t23?,26-,28-,31+,36?,37?/m0/s1. The summed E-state index contributed by atoms with van der Waals surface area (Å²) in [4.78, 5) is 75.8. The number of carbonyl (C=O) groups excluding carboxylic acids is 5. The van der Waals surface area contributed by atoms with Gasteiger partial charge in [-0.15, -0.1) is 0 Å². The molecule has 1 spiro atoms. The summed E-state index contributed by atoms with van der Waals surface area (Å²) < 4.78 is 0. The number of nitrogens with one attached hydrogen (secondary N) is 3. The van der Waals surface area contributed by atoms with Crippen molar-refractivity contribution >= 4 is 46.7 Å². The molecule has 3 unspecified atom stereocenters. The maximum atomic E-state index is 14.6. The summed E-state index contributed by atoms with van der Waals surface area (Å²) in [7, 11) is 0. The van der Waals surface area contributed by atoms with E-state index in [-0.39, 0.29) is 36.8 Å². The molecule has 2 heterocycles. The Bertz CT molecular complexity index is 1540. The molecular formula is C37H50ClN5O6. The zero-order valence-corrected chi connectivity index (χ0v) is 29.9. The van der Waals surface area contributed by atoms with E-state index in [4.69, 9.17) is 16.4 Å². The van der Waals surface area contributed by atoms with Crippen LogP contribution < -0.4 is 16.0 Å². The molecule has 0 bridgehead atoms. The van der Waals surface area contributed by atoms with Crippen LogP contribution in [-0.2, 0) is 28.8 Å². The van der Waals surface area contributed by atoms with Crippen molar-refractivity contribution in [3.63, 3.8) is 0 Å². The Labute approximate surface area is 293 Å². The fraction of sp³-hybridized carbons (Fsp3) is 0.676. The van der Waals surface area contributed by atoms with Crippen molar-refractivity contribution in [2.45, 2.75) is 135 Å². The van der Waals surface area contributed by atoms with Crippen molar-refractivity contribution in [3.8, 4) is 0 Å². The van der Waals surface area contributed by atoms with Crippen LogP contribution in [-0.4, -0.2) is 76.3 Å². The van der Waals surface area contributed by atoms with E-state index in [0.29, 0.717) is 35.9 Å². The predicted molar refractivity (Wildman–Crippen MR) is 185 cm³/mol. The zero-order chi connectivity index (χ0) is 35.1. The number of rotatable bonds is 12. The van der Waals surface area contributed by atoms with E-state index >= 15 is 0 Å². The number of hydrogen-bond acceptors (Lipinski definition) is 7. The van der Waals surface area contributed by atoms with Gasteiger partial charge >= 0.3 is 0 Å². The Morgan fingerprint density at radius 3 is 2.53 bits per heavy atom. The molecule has 4 amide bonds. The normalized spacial score (nSPS) is 28.5. The molecule has 0 radical (unpaired) electrons. The molecule has 3 N–H and O–H groups in total. The molecule has 1 aromatic rings. The Morgan fingerprint density at radius 2 is 1.86 bits per heavy atom. The van der Waals surface area contributed by atoms with E-state index in [1.165, 1.54) is 11.3 Å². The molecule has 3 saturated carbocycles. The third kappa shape index (κ3) is 7.81. The number of amides is 4. The molecule has 49 heavy (non-hydrogen) atoms. The first-order valence-corrected chi connectivity index (χ1v) is 18.4. The second-order valence-corrected chi connectivity index (χ2v) is 16.6. The molecule has 1 saturated heterocycles. The van der Waals surface area contributed by atoms with Crippen LogP contribution in [0.5, 0.6) is 0 Å². The van der Waals surface area contributed by atoms with Crippen molar-refractivity contribution in [2.24, 2.45) is 21.9 Å². The van der Waals surface area contributed by atoms with Gasteiger partial charge in [-0.25, -0.2) is 0 Å². The SMILES string of the molecule is CCC[C@H](NC(=O)[C@@H]1CC2(CC(c3cccc(Cl)c3)=NO2)CN1C(=O)[C@@H](NC(=O)CC12CCCCC1C2)C(C)(C)C)C(=O)C(=O)NC1CC1. The zero-order valence-electron chi connectivity index (χ0n) is 29.1. The van der Waals surface area contributed by atoms with Gasteiger partial charge in [0.25, 0.3) is 5.91 Å². The van der Waals surface area contributed by atoms with Gasteiger partial charge in [0.15, 0.2) is 5.60 Å². The fourth-order valence-corrected chi connectivity index (χ4v) is 8.28. The number of fused-ring (bicyclic) bond motifs is 1. The number of Topliss-reactive ketones (excluding diaryl/α,β-unsaturated/α-hetero) is 1. The van der Waals surface area contributed by atoms with Crippen LogP contribution in [0.1, 0.15) is 110 Å². The van der Waals surface area contributed by atoms with Crippen LogP contribution in [0.4, 0.5) is 0 Å². The van der Waals surface area contributed by atoms with E-state index in [1.807, 2.05) is 39.8 Å². The highest BCUT2D eigenvalue weighted by molar-refractivity contribution is 6.38. The lowest BCUT2D eigenvalue weighted by Crippen LogP contribution is -2.59. The Hall–Kier alpha value is -3.47. The lowest BCUT2D eigenvalue weighted by molar-refractivity contribution is -0.145. The van der Waals surface area contributed by atoms with Gasteiger partial charge in [0.1, 0.15) is 12.1 Å². The van der Waals surface area contributed by atoms with Crippen molar-refractivity contribution in [3.05, 3.63) is 34.9 Å². The summed E-state index contributed by atoms with van der Waals surface area (Å²) in [5, 5.41) is 13.5. The Balaban J connectivity index is 1.23. The van der Waals surface area contributed by atoms with Crippen LogP contribution in [0.3, 0.4) is 0 Å². The summed E-state index contributed by atoms with van der Waals surface area (Å²) in [5.41, 5.74) is -0.190. The molecule has 6 rings (SSSR count). The van der Waals surface area contributed by atoms with Gasteiger partial charge in [0.2, 0.25) is 23.5 Å². The van der Waals surface area contributed by atoms with Crippen molar-refractivity contribution in [1.29, 1.82) is 0 Å². The van der Waals surface area contributed by atoms with E-state index in [0.717, 1.165) is 44.1 Å². The number of nitrogens with zero attached hydrogens (tertiary/aromatic N) is 2. The monoisotopic (exact) mass is 695 g/mol. The summed E-state index contributed by atoms with van der Waals surface area (Å²) in [6.45, 7) is 7.63. The predicted octanol–water partition coefficient (Wildman–Crippen LogP) is 4.44. The molecule has 5 aliphatic rings. The maximum Gasteiger partial charge on any atom is 0.289 e. The lowest BCUT2D eigenvalue weighted by atomic mass is 9.83. The van der Waals surface area contributed by atoms with Gasteiger partial charge in [0, 0.05) is 35.9 Å². The summed E-state index contributed by atoms with van der Waals surface area (Å²) in [5.74, 6) is -1.90. The summed E-state index contributed by atoms with van der Waals surface area (Å²) in [6.07, 6.45) is 8.94. The molecule has 0 aromatic heterocycles. The van der Waals surface area contributed by atoms with Crippen molar-refractivity contribution in [2.75, 3.05) is 6.54 Å². The van der Waals surface area contributed by atoms with Crippen molar-refractivity contribution < 1.29 is 28.8 Å². The number of ketones is 1. The first-order chi connectivity index (χ1) is 23.2. The Kier molecular flexibility index (Phi) is 9.87. The van der Waals surface area contributed by atoms with E-state index in [1.54, 1.807) is 12.1 Å². The van der Waals surface area contributed by atoms with Gasteiger partial charge in [0.05, 0.1) is 18.3 Å². The number of benzene rings is 1. The molecular weight excluding hydrogens is 646 g/mol. The van der Waals surface area contributed by atoms with Gasteiger partial charge in [-0.2, -0.15) is 0 Å². The van der Waals surface area contributed by atoms with Crippen LogP contribution in [0.2, 0.25) is 5.02 Å². The number of carbonyl (C=O) groups is 5. The minimum absolute atomic E-state index is 0.00139. The smallest absolute Gasteiger partial charge is 0.289 e. The summed E-state index contributed by atoms with van der Waals surface area (Å²) in [6, 6.07) is 4.30. The second kappa shape index (κ2) is 13.7. The Morgan fingerprint density at radius 1 is 1.08 bits per heavy atom. The maximum absolute atomic E-state index is 14.6. The molecule has 1 aromatic carbocycles. The fourth-order valence-electron chi connectivity index (χ4n) is 8.09. The number of likely N-dealkylation sites (tertiary alicyclic amines) is 1. The number of halogens is 1. The molecule has 266 valence electrons. The average molecular weight is 696 g/mol. The van der Waals surface area contributed by atoms with E-state index < -0.39 is 52.6 Å². The van der Waals surface area contributed by atoms with E-state index in [2.05, 4.69) is 21.1 Å². The van der Waals surface area contributed by atoms with Crippen LogP contribution >= 0.6 is 11.6 Å². The van der Waals surface area contributed by atoms with Crippen molar-refractivity contribution in [1.82, 2.24) is 20.9 Å². The highest BCUT2D eigenvalue weighted by Crippen LogP contribution is 2.63. The largest absolute Gasteiger partial charge is 0.387 e. The molecule has 2 aliphatic heterocycles. The first kappa shape index (κ1) is 35.4. The quantitative estimate of drug-likeness (QED) is 0.276. The van der Waals surface area contributed by atoms with Gasteiger partial charge < -0.3 is 25.7 Å². The minimum Gasteiger partial charge on any atom is -0.387 e. The molecule has 12 heteroatoms. The minimum atomic E-state index is -1.04. The topological polar surface area (TPSA) is 146 Å². The molecule has 11 nitrogen and oxygen atoms in total. The van der Waals surface area contributed by atoms with Gasteiger partial charge in [-0.3, -0.25) is 24.0 Å².